The largest absolute Gasteiger partial charge is 0.207 e. The molecule has 11 heavy (non-hydrogen) atoms. The van der Waals surface area contributed by atoms with Crippen molar-refractivity contribution >= 4 is 0 Å². The summed E-state index contributed by atoms with van der Waals surface area (Å²) in [5.74, 6) is 0.137. The van der Waals surface area contributed by atoms with Gasteiger partial charge >= 0.3 is 0 Å². The molecule has 1 atom stereocenters. The summed E-state index contributed by atoms with van der Waals surface area (Å²) >= 11 is 0. The van der Waals surface area contributed by atoms with Gasteiger partial charge in [0.1, 0.15) is 5.82 Å². The Bertz CT molecular complexity index is 230. The van der Waals surface area contributed by atoms with E-state index in [4.69, 9.17) is 0 Å². The fraction of sp³-hybridized carbons (Fsp3) is 0.400. The first-order valence-electron chi connectivity index (χ1n) is 3.91. The Kier molecular flexibility index (Phi) is 2.64. The van der Waals surface area contributed by atoms with Crippen molar-refractivity contribution < 1.29 is 4.39 Å². The predicted molar refractivity (Wildman–Crippen MR) is 43.9 cm³/mol. The van der Waals surface area contributed by atoms with E-state index in [0.717, 1.165) is 6.42 Å². The first-order chi connectivity index (χ1) is 5.25. The molecular formula is C10H12F. The van der Waals surface area contributed by atoms with E-state index in [0.29, 0.717) is 5.56 Å². The number of benzene rings is 1. The number of halogens is 1. The molecule has 59 valence electrons. The van der Waals surface area contributed by atoms with Crippen molar-refractivity contribution in [3.63, 3.8) is 0 Å². The topological polar surface area (TPSA) is 0 Å². The summed E-state index contributed by atoms with van der Waals surface area (Å²) in [7, 11) is 0. The quantitative estimate of drug-likeness (QED) is 0.609. The molecule has 0 fully saturated rings. The molecular weight excluding hydrogens is 139 g/mol. The van der Waals surface area contributed by atoms with Gasteiger partial charge in [-0.1, -0.05) is 26.0 Å². The second-order valence-electron chi connectivity index (χ2n) is 2.74. The molecule has 1 heteroatoms. The summed E-state index contributed by atoms with van der Waals surface area (Å²) in [4.78, 5) is 0. The van der Waals surface area contributed by atoms with Gasteiger partial charge in [-0.3, -0.25) is 0 Å². The second kappa shape index (κ2) is 3.51. The van der Waals surface area contributed by atoms with Gasteiger partial charge < -0.3 is 0 Å². The Morgan fingerprint density at radius 3 is 2.91 bits per heavy atom. The first kappa shape index (κ1) is 8.25. The summed E-state index contributed by atoms with van der Waals surface area (Å²) < 4.78 is 13.0. The zero-order valence-corrected chi connectivity index (χ0v) is 6.89. The Morgan fingerprint density at radius 2 is 2.36 bits per heavy atom. The Labute approximate surface area is 67.1 Å². The number of hydrogen-bond acceptors (Lipinski definition) is 0. The third-order valence-electron chi connectivity index (χ3n) is 1.94. The Balaban J connectivity index is 2.93. The van der Waals surface area contributed by atoms with E-state index < -0.39 is 0 Å². The van der Waals surface area contributed by atoms with E-state index in [-0.39, 0.29) is 11.7 Å². The molecule has 0 aliphatic carbocycles. The smallest absolute Gasteiger partial charge is 0.127 e. The third kappa shape index (κ3) is 1.79. The highest BCUT2D eigenvalue weighted by Crippen LogP contribution is 2.20. The molecule has 0 aliphatic rings. The summed E-state index contributed by atoms with van der Waals surface area (Å²) in [6, 6.07) is 7.82. The van der Waals surface area contributed by atoms with Crippen LogP contribution in [0.1, 0.15) is 31.7 Å². The lowest BCUT2D eigenvalue weighted by Crippen LogP contribution is -1.94. The van der Waals surface area contributed by atoms with Crippen molar-refractivity contribution in [1.29, 1.82) is 0 Å². The maximum atomic E-state index is 13.0. The molecule has 0 heterocycles. The molecule has 0 aliphatic heterocycles. The zero-order valence-electron chi connectivity index (χ0n) is 6.89. The van der Waals surface area contributed by atoms with E-state index in [9.17, 15) is 4.39 Å². The molecule has 0 saturated carbocycles. The highest BCUT2D eigenvalue weighted by molar-refractivity contribution is 5.19. The average molecular weight is 151 g/mol. The monoisotopic (exact) mass is 151 g/mol. The van der Waals surface area contributed by atoms with Crippen LogP contribution >= 0.6 is 0 Å². The van der Waals surface area contributed by atoms with E-state index in [1.165, 1.54) is 6.07 Å². The normalized spacial score (nSPS) is 13.0. The van der Waals surface area contributed by atoms with Gasteiger partial charge in [0, 0.05) is 0 Å². The van der Waals surface area contributed by atoms with Gasteiger partial charge in [-0.15, -0.1) is 0 Å². The van der Waals surface area contributed by atoms with Crippen LogP contribution in [0.4, 0.5) is 4.39 Å². The Hall–Kier alpha value is -0.850. The van der Waals surface area contributed by atoms with Gasteiger partial charge in [0.2, 0.25) is 0 Å². The summed E-state index contributed by atoms with van der Waals surface area (Å²) in [5.41, 5.74) is 0.704. The van der Waals surface area contributed by atoms with Crippen molar-refractivity contribution in [2.45, 2.75) is 26.2 Å². The molecule has 1 rings (SSSR count). The predicted octanol–water partition coefficient (Wildman–Crippen LogP) is 3.14. The molecule has 1 radical (unpaired) electrons. The van der Waals surface area contributed by atoms with Gasteiger partial charge in [0.05, 0.1) is 0 Å². The number of rotatable bonds is 2. The molecule has 0 aromatic heterocycles. The lowest BCUT2D eigenvalue weighted by atomic mass is 9.98. The Morgan fingerprint density at radius 1 is 1.64 bits per heavy atom. The summed E-state index contributed by atoms with van der Waals surface area (Å²) in [6.07, 6.45) is 0.956. The van der Waals surface area contributed by atoms with Gasteiger partial charge in [0.15, 0.2) is 0 Å². The van der Waals surface area contributed by atoms with Gasteiger partial charge in [-0.05, 0) is 30.0 Å². The number of hydrogen-bond donors (Lipinski definition) is 0. The highest BCUT2D eigenvalue weighted by atomic mass is 19.1. The fourth-order valence-corrected chi connectivity index (χ4v) is 1.01. The molecule has 0 spiro atoms. The van der Waals surface area contributed by atoms with Crippen LogP contribution in [0, 0.1) is 11.9 Å². The summed E-state index contributed by atoms with van der Waals surface area (Å²) in [6.45, 7) is 4.06. The van der Waals surface area contributed by atoms with Gasteiger partial charge in [-0.25, -0.2) is 4.39 Å². The third-order valence-corrected chi connectivity index (χ3v) is 1.94. The maximum absolute atomic E-state index is 13.0. The fourth-order valence-electron chi connectivity index (χ4n) is 1.01. The molecule has 0 saturated heterocycles. The minimum atomic E-state index is -0.137. The zero-order chi connectivity index (χ0) is 8.27. The first-order valence-corrected chi connectivity index (χ1v) is 3.91. The van der Waals surface area contributed by atoms with Crippen LogP contribution < -0.4 is 0 Å². The molecule has 0 amide bonds. The van der Waals surface area contributed by atoms with Gasteiger partial charge in [-0.2, -0.15) is 0 Å². The lowest BCUT2D eigenvalue weighted by molar-refractivity contribution is 0.583. The van der Waals surface area contributed by atoms with Crippen LogP contribution in [-0.4, -0.2) is 0 Å². The van der Waals surface area contributed by atoms with Crippen molar-refractivity contribution in [3.05, 3.63) is 35.6 Å². The van der Waals surface area contributed by atoms with Crippen LogP contribution in [-0.2, 0) is 0 Å². The maximum Gasteiger partial charge on any atom is 0.127 e. The second-order valence-corrected chi connectivity index (χ2v) is 2.74. The standard InChI is InChI=1S/C10H12F/c1-3-8(2)9-6-4-5-7-10(9)11/h4-5,7-8H,3H2,1-2H3. The van der Waals surface area contributed by atoms with E-state index >= 15 is 0 Å². The van der Waals surface area contributed by atoms with Crippen LogP contribution in [0.3, 0.4) is 0 Å². The molecule has 1 aromatic rings. The highest BCUT2D eigenvalue weighted by Gasteiger charge is 2.06. The molecule has 0 N–H and O–H groups in total. The average Bonchev–Trinajstić information content (AvgIpc) is 2.04. The van der Waals surface area contributed by atoms with Crippen molar-refractivity contribution in [3.8, 4) is 0 Å². The minimum Gasteiger partial charge on any atom is -0.207 e. The van der Waals surface area contributed by atoms with Crippen LogP contribution in [0.25, 0.3) is 0 Å². The molecule has 1 aromatic carbocycles. The van der Waals surface area contributed by atoms with Crippen molar-refractivity contribution in [2.24, 2.45) is 0 Å². The van der Waals surface area contributed by atoms with Crippen LogP contribution in [0.15, 0.2) is 18.2 Å². The summed E-state index contributed by atoms with van der Waals surface area (Å²) in [5, 5.41) is 0. The van der Waals surface area contributed by atoms with E-state index in [1.54, 1.807) is 12.1 Å². The molecule has 1 unspecified atom stereocenters. The lowest BCUT2D eigenvalue weighted by Gasteiger charge is -2.08. The van der Waals surface area contributed by atoms with Crippen molar-refractivity contribution in [2.75, 3.05) is 0 Å². The van der Waals surface area contributed by atoms with E-state index in [2.05, 4.69) is 6.07 Å². The van der Waals surface area contributed by atoms with Crippen molar-refractivity contribution in [1.82, 2.24) is 0 Å². The van der Waals surface area contributed by atoms with Crippen LogP contribution in [0.5, 0.6) is 0 Å². The van der Waals surface area contributed by atoms with Crippen LogP contribution in [0.2, 0.25) is 0 Å². The van der Waals surface area contributed by atoms with E-state index in [1.807, 2.05) is 13.8 Å². The SMILES string of the molecule is CCC(C)c1[c]cccc1F. The molecule has 0 bridgehead atoms. The van der Waals surface area contributed by atoms with Gasteiger partial charge in [0.25, 0.3) is 0 Å². The minimum absolute atomic E-state index is 0.137. The molecule has 0 nitrogen and oxygen atoms in total.